The van der Waals surface area contributed by atoms with E-state index >= 15 is 0 Å². The van der Waals surface area contributed by atoms with Crippen LogP contribution in [-0.2, 0) is 13.3 Å². The molecule has 0 heterocycles. The molecule has 0 aliphatic heterocycles. The molecule has 0 radical (unpaired) electrons. The van der Waals surface area contributed by atoms with Crippen LogP contribution in [0.4, 0.5) is 0 Å². The van der Waals surface area contributed by atoms with Gasteiger partial charge < -0.3 is 13.3 Å². The zero-order valence-electron chi connectivity index (χ0n) is 9.97. The first-order chi connectivity index (χ1) is 6.68. The molecule has 86 valence electrons. The first kappa shape index (κ1) is 14.1. The minimum atomic E-state index is -2.17. The molecule has 1 fully saturated rings. The van der Waals surface area contributed by atoms with E-state index in [9.17, 15) is 0 Å². The lowest BCUT2D eigenvalue weighted by atomic mass is 10.0. The summed E-state index contributed by atoms with van der Waals surface area (Å²) in [5, 5.41) is 0. The van der Waals surface area contributed by atoms with Gasteiger partial charge in [0, 0.05) is 27.9 Å². The average molecular weight is 220 g/mol. The monoisotopic (exact) mass is 220 g/mol. The highest BCUT2D eigenvalue weighted by atomic mass is 28.4. The van der Waals surface area contributed by atoms with Crippen molar-refractivity contribution in [3.05, 3.63) is 0 Å². The van der Waals surface area contributed by atoms with Crippen molar-refractivity contribution >= 4 is 8.80 Å². The van der Waals surface area contributed by atoms with Crippen molar-refractivity contribution in [1.82, 2.24) is 0 Å². The molecular formula is C10H24O3Si. The van der Waals surface area contributed by atoms with E-state index in [4.69, 9.17) is 13.3 Å². The Bertz CT molecular complexity index is 103. The molecule has 0 saturated heterocycles. The summed E-state index contributed by atoms with van der Waals surface area (Å²) in [5.74, 6) is 0. The molecule has 3 nitrogen and oxygen atoms in total. The SMILES string of the molecule is C1CCCCC1.CO[Si](C)(OC)OC. The maximum absolute atomic E-state index is 4.93. The van der Waals surface area contributed by atoms with Crippen LogP contribution >= 0.6 is 0 Å². The maximum Gasteiger partial charge on any atom is 0.496 e. The molecule has 0 atom stereocenters. The molecule has 1 saturated carbocycles. The van der Waals surface area contributed by atoms with E-state index in [0.717, 1.165) is 0 Å². The molecule has 0 aromatic rings. The van der Waals surface area contributed by atoms with E-state index in [1.54, 1.807) is 21.3 Å². The molecule has 0 aromatic heterocycles. The average Bonchev–Trinajstić information content (AvgIpc) is 2.31. The van der Waals surface area contributed by atoms with Crippen molar-refractivity contribution < 1.29 is 13.3 Å². The number of hydrogen-bond acceptors (Lipinski definition) is 3. The standard InChI is InChI=1S/C6H12.C4H12O3Si/c1-2-4-6-5-3-1;1-5-8(4,6-2)7-3/h1-6H2;1-4H3. The molecule has 0 bridgehead atoms. The Labute approximate surface area is 89.1 Å². The lowest BCUT2D eigenvalue weighted by Crippen LogP contribution is -2.38. The second-order valence-corrected chi connectivity index (χ2v) is 6.55. The highest BCUT2D eigenvalue weighted by Crippen LogP contribution is 2.15. The Morgan fingerprint density at radius 1 is 0.643 bits per heavy atom. The summed E-state index contributed by atoms with van der Waals surface area (Å²) in [6.07, 6.45) is 9.00. The van der Waals surface area contributed by atoms with Crippen LogP contribution in [0.2, 0.25) is 6.55 Å². The highest BCUT2D eigenvalue weighted by Gasteiger charge is 2.29. The molecule has 0 aromatic carbocycles. The Morgan fingerprint density at radius 3 is 0.929 bits per heavy atom. The zero-order chi connectivity index (χ0) is 10.9. The third-order valence-electron chi connectivity index (χ3n) is 2.61. The first-order valence-electron chi connectivity index (χ1n) is 5.34. The molecule has 1 aliphatic rings. The maximum atomic E-state index is 4.93. The summed E-state index contributed by atoms with van der Waals surface area (Å²) < 4.78 is 14.8. The van der Waals surface area contributed by atoms with Gasteiger partial charge in [-0.1, -0.05) is 38.5 Å². The summed E-state index contributed by atoms with van der Waals surface area (Å²) >= 11 is 0. The van der Waals surface area contributed by atoms with Gasteiger partial charge in [0.05, 0.1) is 0 Å². The van der Waals surface area contributed by atoms with Gasteiger partial charge in [0.25, 0.3) is 0 Å². The van der Waals surface area contributed by atoms with Crippen molar-refractivity contribution in [1.29, 1.82) is 0 Å². The Balaban J connectivity index is 0.000000249. The molecule has 14 heavy (non-hydrogen) atoms. The van der Waals surface area contributed by atoms with Crippen LogP contribution in [0, 0.1) is 0 Å². The van der Waals surface area contributed by atoms with Crippen LogP contribution in [0.3, 0.4) is 0 Å². The summed E-state index contributed by atoms with van der Waals surface area (Å²) in [6.45, 7) is 1.83. The van der Waals surface area contributed by atoms with Crippen LogP contribution in [0.5, 0.6) is 0 Å². The van der Waals surface area contributed by atoms with Crippen molar-refractivity contribution in [3.8, 4) is 0 Å². The van der Waals surface area contributed by atoms with E-state index in [1.165, 1.54) is 38.5 Å². The summed E-state index contributed by atoms with van der Waals surface area (Å²) in [5.41, 5.74) is 0. The van der Waals surface area contributed by atoms with Crippen LogP contribution in [-0.4, -0.2) is 30.1 Å². The fourth-order valence-electron chi connectivity index (χ4n) is 1.31. The third kappa shape index (κ3) is 6.54. The largest absolute Gasteiger partial charge is 0.496 e. The van der Waals surface area contributed by atoms with Gasteiger partial charge in [0.2, 0.25) is 0 Å². The van der Waals surface area contributed by atoms with Crippen molar-refractivity contribution in [2.45, 2.75) is 45.1 Å². The van der Waals surface area contributed by atoms with E-state index in [-0.39, 0.29) is 0 Å². The van der Waals surface area contributed by atoms with Gasteiger partial charge >= 0.3 is 8.80 Å². The van der Waals surface area contributed by atoms with Crippen LogP contribution in [0.1, 0.15) is 38.5 Å². The van der Waals surface area contributed by atoms with Gasteiger partial charge in [0.1, 0.15) is 0 Å². The lowest BCUT2D eigenvalue weighted by molar-refractivity contribution is 0.132. The normalized spacial score (nSPS) is 17.1. The predicted molar refractivity (Wildman–Crippen MR) is 60.3 cm³/mol. The van der Waals surface area contributed by atoms with Gasteiger partial charge in [-0.3, -0.25) is 0 Å². The highest BCUT2D eigenvalue weighted by molar-refractivity contribution is 6.58. The Hall–Kier alpha value is 0.0969. The van der Waals surface area contributed by atoms with Gasteiger partial charge in [-0.15, -0.1) is 0 Å². The van der Waals surface area contributed by atoms with Gasteiger partial charge in [-0.25, -0.2) is 0 Å². The predicted octanol–water partition coefficient (Wildman–Crippen LogP) is 2.83. The summed E-state index contributed by atoms with van der Waals surface area (Å²) in [7, 11) is 2.58. The molecule has 0 N–H and O–H groups in total. The van der Waals surface area contributed by atoms with Gasteiger partial charge in [-0.2, -0.15) is 0 Å². The van der Waals surface area contributed by atoms with Gasteiger partial charge in [-0.05, 0) is 0 Å². The second kappa shape index (κ2) is 8.41. The first-order valence-corrected chi connectivity index (χ1v) is 7.56. The molecule has 0 unspecified atom stereocenters. The fourth-order valence-corrected chi connectivity index (χ4v) is 1.81. The zero-order valence-corrected chi connectivity index (χ0v) is 11.0. The van der Waals surface area contributed by atoms with Crippen molar-refractivity contribution in [2.24, 2.45) is 0 Å². The second-order valence-electron chi connectivity index (χ2n) is 3.60. The minimum absolute atomic E-state index is 1.50. The molecule has 1 aliphatic carbocycles. The van der Waals surface area contributed by atoms with Crippen molar-refractivity contribution in [2.75, 3.05) is 21.3 Å². The van der Waals surface area contributed by atoms with E-state index < -0.39 is 8.80 Å². The van der Waals surface area contributed by atoms with E-state index in [1.807, 2.05) is 6.55 Å². The van der Waals surface area contributed by atoms with Crippen LogP contribution in [0.25, 0.3) is 0 Å². The van der Waals surface area contributed by atoms with E-state index in [2.05, 4.69) is 0 Å². The van der Waals surface area contributed by atoms with Crippen LogP contribution in [0.15, 0.2) is 0 Å². The van der Waals surface area contributed by atoms with Crippen LogP contribution < -0.4 is 0 Å². The smallest absolute Gasteiger partial charge is 0.377 e. The quantitative estimate of drug-likeness (QED) is 0.685. The van der Waals surface area contributed by atoms with E-state index in [0.29, 0.717) is 0 Å². The summed E-state index contributed by atoms with van der Waals surface area (Å²) in [6, 6.07) is 0. The third-order valence-corrected chi connectivity index (χ3v) is 4.84. The fraction of sp³-hybridized carbons (Fsp3) is 1.00. The topological polar surface area (TPSA) is 27.7 Å². The Kier molecular flexibility index (Phi) is 8.47. The van der Waals surface area contributed by atoms with Gasteiger partial charge in [0.15, 0.2) is 0 Å². The lowest BCUT2D eigenvalue weighted by Gasteiger charge is -2.18. The molecular weight excluding hydrogens is 196 g/mol. The van der Waals surface area contributed by atoms with Crippen molar-refractivity contribution in [3.63, 3.8) is 0 Å². The number of rotatable bonds is 3. The molecule has 0 amide bonds. The Morgan fingerprint density at radius 2 is 0.857 bits per heavy atom. The number of hydrogen-bond donors (Lipinski definition) is 0. The molecule has 1 rings (SSSR count). The summed E-state index contributed by atoms with van der Waals surface area (Å²) in [4.78, 5) is 0. The minimum Gasteiger partial charge on any atom is -0.377 e. The molecule has 4 heteroatoms. The molecule has 0 spiro atoms.